The molecule has 0 saturated carbocycles. The molecule has 4 N–H and O–H groups in total. The minimum absolute atomic E-state index is 0.315. The Morgan fingerprint density at radius 2 is 1.85 bits per heavy atom. The van der Waals surface area contributed by atoms with Crippen LogP contribution in [0, 0.1) is 5.92 Å². The first kappa shape index (κ1) is 11.9. The van der Waals surface area contributed by atoms with Crippen molar-refractivity contribution in [1.82, 2.24) is 10.9 Å². The molecular formula is C8H17N3O2. The zero-order valence-electron chi connectivity index (χ0n) is 8.26. The maximum absolute atomic E-state index is 11.1. The largest absolute Gasteiger partial charge is 0.320 e. The standard InChI is InChI=1S/C8H17N3O2/c1-5(2)4-7(9)8(13)11-10-6(3)12/h5,7H,4,9H2,1-3H3,(H,10,12)(H,11,13). The van der Waals surface area contributed by atoms with Crippen LogP contribution in [0.5, 0.6) is 0 Å². The predicted molar refractivity (Wildman–Crippen MR) is 49.4 cm³/mol. The summed E-state index contributed by atoms with van der Waals surface area (Å²) in [5, 5.41) is 0. The van der Waals surface area contributed by atoms with Crippen molar-refractivity contribution in [1.29, 1.82) is 0 Å². The molecule has 2 amide bonds. The first-order valence-electron chi connectivity index (χ1n) is 4.25. The van der Waals surface area contributed by atoms with Gasteiger partial charge in [0.05, 0.1) is 6.04 Å². The summed E-state index contributed by atoms with van der Waals surface area (Å²) >= 11 is 0. The van der Waals surface area contributed by atoms with Crippen molar-refractivity contribution in [2.75, 3.05) is 0 Å². The molecule has 0 spiro atoms. The molecule has 0 heterocycles. The molecule has 0 radical (unpaired) electrons. The fraction of sp³-hybridized carbons (Fsp3) is 0.750. The van der Waals surface area contributed by atoms with E-state index in [2.05, 4.69) is 10.9 Å². The number of hydrogen-bond acceptors (Lipinski definition) is 3. The molecule has 76 valence electrons. The second kappa shape index (κ2) is 5.53. The molecule has 0 aliphatic carbocycles. The van der Waals surface area contributed by atoms with Gasteiger partial charge in [-0.05, 0) is 12.3 Å². The third-order valence-corrected chi connectivity index (χ3v) is 1.42. The first-order chi connectivity index (χ1) is 5.93. The molecule has 0 aromatic rings. The zero-order valence-corrected chi connectivity index (χ0v) is 8.26. The summed E-state index contributed by atoms with van der Waals surface area (Å²) in [6.45, 7) is 5.27. The van der Waals surface area contributed by atoms with E-state index >= 15 is 0 Å². The van der Waals surface area contributed by atoms with Crippen LogP contribution in [0.15, 0.2) is 0 Å². The Hall–Kier alpha value is -1.10. The molecule has 0 fully saturated rings. The van der Waals surface area contributed by atoms with Crippen molar-refractivity contribution in [2.45, 2.75) is 33.2 Å². The number of nitrogens with one attached hydrogen (secondary N) is 2. The first-order valence-corrected chi connectivity index (χ1v) is 4.25. The van der Waals surface area contributed by atoms with Crippen LogP contribution < -0.4 is 16.6 Å². The number of rotatable bonds is 3. The van der Waals surface area contributed by atoms with Crippen molar-refractivity contribution in [3.8, 4) is 0 Å². The van der Waals surface area contributed by atoms with E-state index in [1.165, 1.54) is 6.92 Å². The van der Waals surface area contributed by atoms with Gasteiger partial charge in [0.1, 0.15) is 0 Å². The maximum Gasteiger partial charge on any atom is 0.255 e. The van der Waals surface area contributed by atoms with E-state index in [4.69, 9.17) is 5.73 Å². The van der Waals surface area contributed by atoms with Crippen LogP contribution in [0.25, 0.3) is 0 Å². The van der Waals surface area contributed by atoms with E-state index in [9.17, 15) is 9.59 Å². The van der Waals surface area contributed by atoms with Gasteiger partial charge in [0.15, 0.2) is 0 Å². The van der Waals surface area contributed by atoms with Gasteiger partial charge in [-0.25, -0.2) is 0 Å². The minimum Gasteiger partial charge on any atom is -0.320 e. The number of hydrogen-bond donors (Lipinski definition) is 3. The smallest absolute Gasteiger partial charge is 0.255 e. The second-order valence-corrected chi connectivity index (χ2v) is 3.41. The highest BCUT2D eigenvalue weighted by molar-refractivity contribution is 5.84. The number of nitrogens with two attached hydrogens (primary N) is 1. The molecule has 5 nitrogen and oxygen atoms in total. The van der Waals surface area contributed by atoms with Crippen LogP contribution in [0.1, 0.15) is 27.2 Å². The lowest BCUT2D eigenvalue weighted by Gasteiger charge is -2.13. The topological polar surface area (TPSA) is 84.2 Å². The van der Waals surface area contributed by atoms with Gasteiger partial charge in [-0.3, -0.25) is 20.4 Å². The number of carbonyl (C=O) groups is 2. The third kappa shape index (κ3) is 6.10. The quantitative estimate of drug-likeness (QED) is 0.522. The molecule has 1 atom stereocenters. The van der Waals surface area contributed by atoms with E-state index in [0.717, 1.165) is 0 Å². The highest BCUT2D eigenvalue weighted by atomic mass is 16.2. The van der Waals surface area contributed by atoms with E-state index in [0.29, 0.717) is 12.3 Å². The predicted octanol–water partition coefficient (Wildman–Crippen LogP) is -0.473. The Labute approximate surface area is 78.0 Å². The van der Waals surface area contributed by atoms with Crippen molar-refractivity contribution in [2.24, 2.45) is 11.7 Å². The van der Waals surface area contributed by atoms with Crippen molar-refractivity contribution >= 4 is 11.8 Å². The van der Waals surface area contributed by atoms with Crippen LogP contribution in [0.3, 0.4) is 0 Å². The number of hydrazine groups is 1. The average Bonchev–Trinajstić information content (AvgIpc) is 1.98. The summed E-state index contributed by atoms with van der Waals surface area (Å²) < 4.78 is 0. The Morgan fingerprint density at radius 1 is 1.31 bits per heavy atom. The molecule has 0 aromatic carbocycles. The van der Waals surface area contributed by atoms with E-state index < -0.39 is 6.04 Å². The van der Waals surface area contributed by atoms with E-state index in [1.807, 2.05) is 13.8 Å². The SMILES string of the molecule is CC(=O)NNC(=O)C(N)CC(C)C. The number of carbonyl (C=O) groups excluding carboxylic acids is 2. The molecular weight excluding hydrogens is 170 g/mol. The zero-order chi connectivity index (χ0) is 10.4. The Kier molecular flexibility index (Phi) is 5.06. The van der Waals surface area contributed by atoms with Crippen molar-refractivity contribution in [3.63, 3.8) is 0 Å². The van der Waals surface area contributed by atoms with Gasteiger partial charge in [-0.15, -0.1) is 0 Å². The van der Waals surface area contributed by atoms with Gasteiger partial charge >= 0.3 is 0 Å². The van der Waals surface area contributed by atoms with E-state index in [-0.39, 0.29) is 11.8 Å². The molecule has 5 heteroatoms. The summed E-state index contributed by atoms with van der Waals surface area (Å²) in [5.74, 6) is -0.313. The molecule has 0 bridgehead atoms. The molecule has 13 heavy (non-hydrogen) atoms. The summed E-state index contributed by atoms with van der Waals surface area (Å²) in [5.41, 5.74) is 9.95. The molecule has 0 saturated heterocycles. The fourth-order valence-electron chi connectivity index (χ4n) is 0.857. The van der Waals surface area contributed by atoms with Gasteiger partial charge in [0, 0.05) is 6.92 Å². The van der Waals surface area contributed by atoms with Crippen LogP contribution in [0.2, 0.25) is 0 Å². The lowest BCUT2D eigenvalue weighted by atomic mass is 10.0. The van der Waals surface area contributed by atoms with Crippen molar-refractivity contribution in [3.05, 3.63) is 0 Å². The van der Waals surface area contributed by atoms with Gasteiger partial charge in [-0.2, -0.15) is 0 Å². The lowest BCUT2D eigenvalue weighted by Crippen LogP contribution is -2.49. The Bertz CT molecular complexity index is 192. The summed E-state index contributed by atoms with van der Waals surface area (Å²) in [4.78, 5) is 21.6. The normalized spacial score (nSPS) is 12.4. The minimum atomic E-state index is -0.563. The second-order valence-electron chi connectivity index (χ2n) is 3.41. The van der Waals surface area contributed by atoms with E-state index in [1.54, 1.807) is 0 Å². The highest BCUT2D eigenvalue weighted by Crippen LogP contribution is 2.01. The summed E-state index contributed by atoms with van der Waals surface area (Å²) in [6.07, 6.45) is 0.603. The summed E-state index contributed by atoms with van der Waals surface area (Å²) in [6, 6.07) is -0.563. The van der Waals surface area contributed by atoms with Gasteiger partial charge in [-0.1, -0.05) is 13.8 Å². The monoisotopic (exact) mass is 187 g/mol. The molecule has 0 aliphatic heterocycles. The maximum atomic E-state index is 11.1. The van der Waals surface area contributed by atoms with Crippen LogP contribution in [0.4, 0.5) is 0 Å². The van der Waals surface area contributed by atoms with Crippen LogP contribution in [-0.4, -0.2) is 17.9 Å². The van der Waals surface area contributed by atoms with Crippen LogP contribution >= 0.6 is 0 Å². The fourth-order valence-corrected chi connectivity index (χ4v) is 0.857. The Morgan fingerprint density at radius 3 is 2.23 bits per heavy atom. The lowest BCUT2D eigenvalue weighted by molar-refractivity contribution is -0.128. The van der Waals surface area contributed by atoms with Gasteiger partial charge < -0.3 is 5.73 Å². The number of amides is 2. The highest BCUT2D eigenvalue weighted by Gasteiger charge is 2.14. The molecule has 0 aliphatic rings. The molecule has 0 aromatic heterocycles. The van der Waals surface area contributed by atoms with Gasteiger partial charge in [0.25, 0.3) is 5.91 Å². The summed E-state index contributed by atoms with van der Waals surface area (Å²) in [7, 11) is 0. The average molecular weight is 187 g/mol. The third-order valence-electron chi connectivity index (χ3n) is 1.42. The molecule has 0 rings (SSSR count). The van der Waals surface area contributed by atoms with Gasteiger partial charge in [0.2, 0.25) is 5.91 Å². The van der Waals surface area contributed by atoms with Crippen molar-refractivity contribution < 1.29 is 9.59 Å². The molecule has 1 unspecified atom stereocenters. The van der Waals surface area contributed by atoms with Crippen LogP contribution in [-0.2, 0) is 9.59 Å². The Balaban J connectivity index is 3.76.